The molecular formula is C26H21Cl2FN4O2. The third-order valence-electron chi connectivity index (χ3n) is 5.98. The second kappa shape index (κ2) is 9.32. The van der Waals surface area contributed by atoms with E-state index in [-0.39, 0.29) is 28.4 Å². The minimum Gasteiger partial charge on any atom is -0.493 e. The molecule has 0 bridgehead atoms. The van der Waals surface area contributed by atoms with E-state index < -0.39 is 5.82 Å². The normalized spacial score (nSPS) is 14.8. The summed E-state index contributed by atoms with van der Waals surface area (Å²) in [6.45, 7) is 0.489. The number of para-hydroxylation sites is 1. The summed E-state index contributed by atoms with van der Waals surface area (Å²) in [5.74, 6) is -0.207. The van der Waals surface area contributed by atoms with Gasteiger partial charge in [0.15, 0.2) is 5.82 Å². The van der Waals surface area contributed by atoms with Gasteiger partial charge in [0.25, 0.3) is 5.91 Å². The number of pyridine rings is 2. The molecule has 0 spiro atoms. The minimum absolute atomic E-state index is 0.177. The van der Waals surface area contributed by atoms with E-state index in [0.717, 1.165) is 17.5 Å². The summed E-state index contributed by atoms with van der Waals surface area (Å²) in [6, 6.07) is 12.5. The van der Waals surface area contributed by atoms with Gasteiger partial charge in [-0.15, -0.1) is 0 Å². The average Bonchev–Trinajstić information content (AvgIpc) is 2.86. The Morgan fingerprint density at radius 3 is 2.71 bits per heavy atom. The molecule has 2 aromatic carbocycles. The first-order valence-electron chi connectivity index (χ1n) is 11.0. The Kier molecular flexibility index (Phi) is 6.21. The monoisotopic (exact) mass is 510 g/mol. The Bertz CT molecular complexity index is 1460. The summed E-state index contributed by atoms with van der Waals surface area (Å²) >= 11 is 12.6. The molecule has 0 fully saturated rings. The van der Waals surface area contributed by atoms with Gasteiger partial charge in [-0.1, -0.05) is 53.5 Å². The van der Waals surface area contributed by atoms with Crippen LogP contribution in [0.5, 0.6) is 5.75 Å². The number of aromatic nitrogens is 2. The van der Waals surface area contributed by atoms with E-state index in [1.807, 2.05) is 24.3 Å². The predicted molar refractivity (Wildman–Crippen MR) is 136 cm³/mol. The Morgan fingerprint density at radius 2 is 1.91 bits per heavy atom. The molecule has 0 radical (unpaired) electrons. The number of amides is 1. The van der Waals surface area contributed by atoms with Crippen molar-refractivity contribution in [2.75, 3.05) is 25.6 Å². The van der Waals surface area contributed by atoms with Crippen molar-refractivity contribution in [2.45, 2.75) is 12.5 Å². The summed E-state index contributed by atoms with van der Waals surface area (Å²) in [5, 5.41) is 3.89. The standard InChI is InChI=1S/C26H21Cl2FN4O2/c1-33(2)25-16(26(34)32-19-10-11-35-20-9-4-3-6-14(19)20)12-30-24-21(25)18(29)13-31-23(24)15-7-5-8-17(27)22(15)28/h3-9,12-13,19H,10-11H2,1-2H3,(H,32,34)/t19-/m0/s1. The van der Waals surface area contributed by atoms with Crippen molar-refractivity contribution in [2.24, 2.45) is 0 Å². The van der Waals surface area contributed by atoms with Crippen molar-refractivity contribution in [1.29, 1.82) is 0 Å². The van der Waals surface area contributed by atoms with Crippen molar-refractivity contribution in [3.8, 4) is 17.0 Å². The lowest BCUT2D eigenvalue weighted by molar-refractivity contribution is 0.0925. The van der Waals surface area contributed by atoms with Gasteiger partial charge in [0.2, 0.25) is 0 Å². The number of halogens is 3. The van der Waals surface area contributed by atoms with E-state index in [1.165, 1.54) is 6.20 Å². The van der Waals surface area contributed by atoms with Crippen LogP contribution in [0.25, 0.3) is 22.2 Å². The quantitative estimate of drug-likeness (QED) is 0.361. The Labute approximate surface area is 211 Å². The van der Waals surface area contributed by atoms with Crippen LogP contribution in [-0.4, -0.2) is 36.6 Å². The van der Waals surface area contributed by atoms with Gasteiger partial charge < -0.3 is 15.0 Å². The number of hydrogen-bond donors (Lipinski definition) is 1. The lowest BCUT2D eigenvalue weighted by Gasteiger charge is -2.27. The smallest absolute Gasteiger partial charge is 0.255 e. The Morgan fingerprint density at radius 1 is 1.11 bits per heavy atom. The zero-order chi connectivity index (χ0) is 24.7. The number of anilines is 1. The molecular weight excluding hydrogens is 490 g/mol. The van der Waals surface area contributed by atoms with E-state index in [2.05, 4.69) is 15.3 Å². The molecule has 5 rings (SSSR count). The molecule has 1 aliphatic heterocycles. The third kappa shape index (κ3) is 4.15. The van der Waals surface area contributed by atoms with Crippen LogP contribution in [0, 0.1) is 5.82 Å². The molecule has 1 atom stereocenters. The van der Waals surface area contributed by atoms with Crippen molar-refractivity contribution < 1.29 is 13.9 Å². The SMILES string of the molecule is CN(C)c1c(C(=O)N[C@H]2CCOc3ccccc32)cnc2c(-c3cccc(Cl)c3Cl)ncc(F)c12. The molecule has 1 aliphatic rings. The fraction of sp³-hybridized carbons (Fsp3) is 0.192. The maximum absolute atomic E-state index is 15.2. The molecule has 35 heavy (non-hydrogen) atoms. The molecule has 2 aromatic heterocycles. The molecule has 1 amide bonds. The lowest BCUT2D eigenvalue weighted by atomic mass is 9.99. The molecule has 4 aromatic rings. The first kappa shape index (κ1) is 23.3. The van der Waals surface area contributed by atoms with Gasteiger partial charge in [-0.05, 0) is 12.1 Å². The number of hydrogen-bond acceptors (Lipinski definition) is 5. The number of benzene rings is 2. The largest absolute Gasteiger partial charge is 0.493 e. The molecule has 0 aliphatic carbocycles. The maximum atomic E-state index is 15.2. The molecule has 3 heterocycles. The van der Waals surface area contributed by atoms with Crippen molar-refractivity contribution in [3.63, 3.8) is 0 Å². The zero-order valence-corrected chi connectivity index (χ0v) is 20.5. The van der Waals surface area contributed by atoms with Gasteiger partial charge in [0.05, 0.1) is 51.2 Å². The third-order valence-corrected chi connectivity index (χ3v) is 6.80. The molecule has 9 heteroatoms. The minimum atomic E-state index is -0.593. The summed E-state index contributed by atoms with van der Waals surface area (Å²) in [4.78, 5) is 23.9. The van der Waals surface area contributed by atoms with Crippen molar-refractivity contribution >= 4 is 45.7 Å². The van der Waals surface area contributed by atoms with Crippen LogP contribution in [0.4, 0.5) is 10.1 Å². The fourth-order valence-electron chi connectivity index (χ4n) is 4.40. The molecule has 6 nitrogen and oxygen atoms in total. The average molecular weight is 511 g/mol. The van der Waals surface area contributed by atoms with Gasteiger partial charge >= 0.3 is 0 Å². The maximum Gasteiger partial charge on any atom is 0.255 e. The van der Waals surface area contributed by atoms with E-state index in [4.69, 9.17) is 27.9 Å². The fourth-order valence-corrected chi connectivity index (χ4v) is 4.79. The van der Waals surface area contributed by atoms with Crippen LogP contribution < -0.4 is 15.0 Å². The number of rotatable bonds is 4. The van der Waals surface area contributed by atoms with Gasteiger partial charge in [-0.2, -0.15) is 0 Å². The second-order valence-electron chi connectivity index (χ2n) is 8.40. The van der Waals surface area contributed by atoms with Crippen molar-refractivity contribution in [1.82, 2.24) is 15.3 Å². The number of carbonyl (C=O) groups is 1. The lowest BCUT2D eigenvalue weighted by Crippen LogP contribution is -2.33. The molecule has 0 saturated carbocycles. The molecule has 0 unspecified atom stereocenters. The Hall–Kier alpha value is -3.42. The van der Waals surface area contributed by atoms with Crippen LogP contribution in [0.15, 0.2) is 54.9 Å². The highest BCUT2D eigenvalue weighted by Gasteiger charge is 2.27. The van der Waals surface area contributed by atoms with Crippen molar-refractivity contribution in [3.05, 3.63) is 81.8 Å². The van der Waals surface area contributed by atoms with Crippen LogP contribution in [0.2, 0.25) is 10.0 Å². The van der Waals surface area contributed by atoms with Crippen LogP contribution in [0.1, 0.15) is 28.4 Å². The van der Waals surface area contributed by atoms with Crippen LogP contribution >= 0.6 is 23.2 Å². The van der Waals surface area contributed by atoms with Crippen LogP contribution in [0.3, 0.4) is 0 Å². The first-order chi connectivity index (χ1) is 16.9. The topological polar surface area (TPSA) is 67.4 Å². The highest BCUT2D eigenvalue weighted by atomic mass is 35.5. The highest BCUT2D eigenvalue weighted by molar-refractivity contribution is 6.43. The number of carbonyl (C=O) groups excluding carboxylic acids is 1. The second-order valence-corrected chi connectivity index (χ2v) is 9.18. The molecule has 0 saturated heterocycles. The summed E-state index contributed by atoms with van der Waals surface area (Å²) in [5.41, 5.74) is 2.73. The van der Waals surface area contributed by atoms with Gasteiger partial charge in [0, 0.05) is 37.8 Å². The molecule has 1 N–H and O–H groups in total. The summed E-state index contributed by atoms with van der Waals surface area (Å²) < 4.78 is 20.9. The van der Waals surface area contributed by atoms with E-state index >= 15 is 4.39 Å². The number of nitrogens with one attached hydrogen (secondary N) is 1. The number of ether oxygens (including phenoxy) is 1. The van der Waals surface area contributed by atoms with Gasteiger partial charge in [0.1, 0.15) is 11.3 Å². The van der Waals surface area contributed by atoms with E-state index in [0.29, 0.717) is 40.0 Å². The highest BCUT2D eigenvalue weighted by Crippen LogP contribution is 2.39. The Balaban J connectivity index is 1.63. The number of fused-ring (bicyclic) bond motifs is 2. The van der Waals surface area contributed by atoms with E-state index in [1.54, 1.807) is 37.2 Å². The molecule has 178 valence electrons. The van der Waals surface area contributed by atoms with Gasteiger partial charge in [-0.3, -0.25) is 14.8 Å². The van der Waals surface area contributed by atoms with Crippen LogP contribution in [-0.2, 0) is 0 Å². The number of nitrogens with zero attached hydrogens (tertiary/aromatic N) is 3. The summed E-state index contributed by atoms with van der Waals surface area (Å²) in [6.07, 6.45) is 3.18. The first-order valence-corrected chi connectivity index (χ1v) is 11.7. The predicted octanol–water partition coefficient (Wildman–Crippen LogP) is 6.06. The van der Waals surface area contributed by atoms with Gasteiger partial charge in [-0.25, -0.2) is 4.39 Å². The summed E-state index contributed by atoms with van der Waals surface area (Å²) in [7, 11) is 3.50. The van der Waals surface area contributed by atoms with E-state index in [9.17, 15) is 4.79 Å². The zero-order valence-electron chi connectivity index (χ0n) is 19.0.